The highest BCUT2D eigenvalue weighted by molar-refractivity contribution is 7.89. The number of carbonyl (C=O) groups is 1. The molecule has 0 unspecified atom stereocenters. The monoisotopic (exact) mass is 504 g/mol. The Morgan fingerprint density at radius 2 is 1.55 bits per heavy atom. The summed E-state index contributed by atoms with van der Waals surface area (Å²) in [5.41, 5.74) is 1.94. The molecule has 0 heterocycles. The molecule has 0 aliphatic carbocycles. The molecule has 3 aromatic rings. The topological polar surface area (TPSA) is 66.5 Å². The molecule has 1 atom stereocenters. The summed E-state index contributed by atoms with van der Waals surface area (Å²) in [5.74, 6) is -0.381. The van der Waals surface area contributed by atoms with Gasteiger partial charge in [-0.25, -0.2) is 8.42 Å². The van der Waals surface area contributed by atoms with Crippen molar-refractivity contribution in [1.82, 2.24) is 9.62 Å². The molecule has 3 aromatic carbocycles. The zero-order valence-electron chi connectivity index (χ0n) is 18.2. The van der Waals surface area contributed by atoms with E-state index in [1.807, 2.05) is 67.6 Å². The standard InChI is InChI=1S/C25H26Cl2N2O3S/c1-19(12-13-20-8-4-2-5-9-20)28-25(30)18-29(17-21-10-6-3-7-11-21)33(31,32)24-16-22(26)14-15-23(24)27/h2-11,14-16,19H,12-13,17-18H2,1H3,(H,28,30)/t19-/m0/s1. The van der Waals surface area contributed by atoms with Crippen LogP contribution in [0.2, 0.25) is 10.0 Å². The molecule has 0 aromatic heterocycles. The number of sulfonamides is 1. The summed E-state index contributed by atoms with van der Waals surface area (Å²) in [4.78, 5) is 12.7. The Labute approximate surface area is 205 Å². The number of nitrogens with one attached hydrogen (secondary N) is 1. The first-order chi connectivity index (χ1) is 15.8. The van der Waals surface area contributed by atoms with E-state index in [0.29, 0.717) is 0 Å². The Morgan fingerprint density at radius 1 is 0.939 bits per heavy atom. The molecular weight excluding hydrogens is 479 g/mol. The molecule has 8 heteroatoms. The number of rotatable bonds is 10. The van der Waals surface area contributed by atoms with Gasteiger partial charge in [-0.1, -0.05) is 83.9 Å². The van der Waals surface area contributed by atoms with Crippen LogP contribution in [-0.4, -0.2) is 31.2 Å². The number of amides is 1. The third kappa shape index (κ3) is 7.30. The summed E-state index contributed by atoms with van der Waals surface area (Å²) in [6, 6.07) is 23.2. The van der Waals surface area contributed by atoms with E-state index in [-0.39, 0.29) is 40.0 Å². The molecule has 33 heavy (non-hydrogen) atoms. The van der Waals surface area contributed by atoms with E-state index in [1.165, 1.54) is 23.8 Å². The van der Waals surface area contributed by atoms with Gasteiger partial charge in [-0.2, -0.15) is 4.31 Å². The van der Waals surface area contributed by atoms with Crippen molar-refractivity contribution in [1.29, 1.82) is 0 Å². The number of aryl methyl sites for hydroxylation is 1. The fraction of sp³-hybridized carbons (Fsp3) is 0.240. The minimum absolute atomic E-state index is 0.0256. The second-order valence-electron chi connectivity index (χ2n) is 7.83. The zero-order valence-corrected chi connectivity index (χ0v) is 20.6. The second kappa shape index (κ2) is 11.7. The molecule has 5 nitrogen and oxygen atoms in total. The van der Waals surface area contributed by atoms with Crippen LogP contribution < -0.4 is 5.32 Å². The van der Waals surface area contributed by atoms with E-state index in [1.54, 1.807) is 0 Å². The summed E-state index contributed by atoms with van der Waals surface area (Å²) in [6.07, 6.45) is 1.55. The Balaban J connectivity index is 1.75. The van der Waals surface area contributed by atoms with Gasteiger partial charge in [-0.05, 0) is 49.1 Å². The van der Waals surface area contributed by atoms with Crippen LogP contribution in [0.25, 0.3) is 0 Å². The highest BCUT2D eigenvalue weighted by Gasteiger charge is 2.29. The quantitative estimate of drug-likeness (QED) is 0.406. The molecule has 0 fully saturated rings. The van der Waals surface area contributed by atoms with E-state index in [0.717, 1.165) is 22.7 Å². The lowest BCUT2D eigenvalue weighted by Crippen LogP contribution is -2.43. The fourth-order valence-electron chi connectivity index (χ4n) is 3.41. The lowest BCUT2D eigenvalue weighted by atomic mass is 10.1. The summed E-state index contributed by atoms with van der Waals surface area (Å²) < 4.78 is 28.0. The van der Waals surface area contributed by atoms with E-state index >= 15 is 0 Å². The average Bonchev–Trinajstić information content (AvgIpc) is 2.80. The highest BCUT2D eigenvalue weighted by atomic mass is 35.5. The van der Waals surface area contributed by atoms with Crippen LogP contribution in [0.4, 0.5) is 0 Å². The van der Waals surface area contributed by atoms with E-state index in [2.05, 4.69) is 5.32 Å². The fourth-order valence-corrected chi connectivity index (χ4v) is 5.53. The molecule has 0 bridgehead atoms. The lowest BCUT2D eigenvalue weighted by Gasteiger charge is -2.24. The number of hydrogen-bond donors (Lipinski definition) is 1. The molecule has 0 saturated carbocycles. The number of carbonyl (C=O) groups excluding carboxylic acids is 1. The van der Waals surface area contributed by atoms with Crippen molar-refractivity contribution >= 4 is 39.1 Å². The van der Waals surface area contributed by atoms with Gasteiger partial charge in [0.05, 0.1) is 11.6 Å². The van der Waals surface area contributed by atoms with Crippen molar-refractivity contribution in [2.75, 3.05) is 6.54 Å². The maximum absolute atomic E-state index is 13.4. The molecule has 1 amide bonds. The number of nitrogens with zero attached hydrogens (tertiary/aromatic N) is 1. The molecule has 0 radical (unpaired) electrons. The molecule has 1 N–H and O–H groups in total. The molecule has 0 spiro atoms. The predicted molar refractivity (Wildman–Crippen MR) is 133 cm³/mol. The van der Waals surface area contributed by atoms with Crippen molar-refractivity contribution in [3.63, 3.8) is 0 Å². The third-order valence-corrected chi connectivity index (χ3v) is 7.66. The van der Waals surface area contributed by atoms with Crippen LogP contribution in [0, 0.1) is 0 Å². The van der Waals surface area contributed by atoms with Gasteiger partial charge in [0.15, 0.2) is 0 Å². The molecule has 174 valence electrons. The van der Waals surface area contributed by atoms with Gasteiger partial charge >= 0.3 is 0 Å². The van der Waals surface area contributed by atoms with Gasteiger partial charge in [0.1, 0.15) is 4.90 Å². The van der Waals surface area contributed by atoms with Gasteiger partial charge in [0.25, 0.3) is 0 Å². The smallest absolute Gasteiger partial charge is 0.245 e. The van der Waals surface area contributed by atoms with E-state index in [9.17, 15) is 13.2 Å². The predicted octanol–water partition coefficient (Wildman–Crippen LogP) is 5.32. The Hall–Kier alpha value is -2.38. The maximum Gasteiger partial charge on any atom is 0.245 e. The minimum Gasteiger partial charge on any atom is -0.352 e. The minimum atomic E-state index is -4.08. The van der Waals surface area contributed by atoms with Gasteiger partial charge < -0.3 is 5.32 Å². The first kappa shape index (κ1) is 25.2. The van der Waals surface area contributed by atoms with Crippen LogP contribution in [-0.2, 0) is 27.8 Å². The summed E-state index contributed by atoms with van der Waals surface area (Å²) in [7, 11) is -4.08. The average molecular weight is 505 g/mol. The highest BCUT2D eigenvalue weighted by Crippen LogP contribution is 2.28. The number of hydrogen-bond acceptors (Lipinski definition) is 3. The molecule has 0 aliphatic heterocycles. The SMILES string of the molecule is C[C@@H](CCc1ccccc1)NC(=O)CN(Cc1ccccc1)S(=O)(=O)c1cc(Cl)ccc1Cl. The van der Waals surface area contributed by atoms with Crippen molar-refractivity contribution in [3.8, 4) is 0 Å². The van der Waals surface area contributed by atoms with E-state index < -0.39 is 10.0 Å². The Kier molecular flexibility index (Phi) is 8.92. The Bertz CT molecular complexity index is 1170. The normalized spacial score (nSPS) is 12.5. The van der Waals surface area contributed by atoms with E-state index in [4.69, 9.17) is 23.2 Å². The second-order valence-corrected chi connectivity index (χ2v) is 10.6. The van der Waals surface area contributed by atoms with Crippen LogP contribution in [0.5, 0.6) is 0 Å². The van der Waals surface area contributed by atoms with Crippen LogP contribution in [0.15, 0.2) is 83.8 Å². The first-order valence-electron chi connectivity index (χ1n) is 10.6. The third-order valence-electron chi connectivity index (χ3n) is 5.15. The van der Waals surface area contributed by atoms with Crippen molar-refractivity contribution in [3.05, 3.63) is 100 Å². The van der Waals surface area contributed by atoms with Crippen molar-refractivity contribution < 1.29 is 13.2 Å². The molecule has 3 rings (SSSR count). The number of halogens is 2. The Morgan fingerprint density at radius 3 is 2.18 bits per heavy atom. The van der Waals surface area contributed by atoms with Crippen LogP contribution in [0.3, 0.4) is 0 Å². The summed E-state index contributed by atoms with van der Waals surface area (Å²) in [6.45, 7) is 1.60. The van der Waals surface area contributed by atoms with Gasteiger partial charge in [-0.15, -0.1) is 0 Å². The largest absolute Gasteiger partial charge is 0.352 e. The van der Waals surface area contributed by atoms with Gasteiger partial charge in [-0.3, -0.25) is 4.79 Å². The van der Waals surface area contributed by atoms with Gasteiger partial charge in [0, 0.05) is 17.6 Å². The molecule has 0 aliphatic rings. The zero-order chi connectivity index (χ0) is 23.8. The summed E-state index contributed by atoms with van der Waals surface area (Å²) >= 11 is 12.2. The molecular formula is C25H26Cl2N2O3S. The summed E-state index contributed by atoms with van der Waals surface area (Å²) in [5, 5.41) is 3.21. The van der Waals surface area contributed by atoms with Crippen molar-refractivity contribution in [2.24, 2.45) is 0 Å². The van der Waals surface area contributed by atoms with Crippen molar-refractivity contribution in [2.45, 2.75) is 37.2 Å². The first-order valence-corrected chi connectivity index (χ1v) is 12.8. The number of benzene rings is 3. The van der Waals surface area contributed by atoms with Gasteiger partial charge in [0.2, 0.25) is 15.9 Å². The lowest BCUT2D eigenvalue weighted by molar-refractivity contribution is -0.122. The maximum atomic E-state index is 13.4. The van der Waals surface area contributed by atoms with Crippen LogP contribution in [0.1, 0.15) is 24.5 Å². The molecule has 0 saturated heterocycles. The van der Waals surface area contributed by atoms with Crippen LogP contribution >= 0.6 is 23.2 Å².